The van der Waals surface area contributed by atoms with Crippen molar-refractivity contribution in [1.29, 1.82) is 5.26 Å². The Kier molecular flexibility index (Phi) is 5.26. The predicted octanol–water partition coefficient (Wildman–Crippen LogP) is 3.36. The van der Waals surface area contributed by atoms with Crippen molar-refractivity contribution in [3.8, 4) is 17.6 Å². The number of nitriles is 1. The molecule has 120 valence electrons. The minimum atomic E-state index is -0.535. The SMILES string of the molecule is COc1cc(C=O)ccc1O/C(=C\C#N)c1cccc([N+](=O)[O-])c1. The van der Waals surface area contributed by atoms with Crippen molar-refractivity contribution in [3.05, 3.63) is 69.8 Å². The number of nitro benzene ring substituents is 1. The molecule has 0 spiro atoms. The number of nitro groups is 1. The first-order valence-corrected chi connectivity index (χ1v) is 6.74. The number of rotatable bonds is 6. The summed E-state index contributed by atoms with van der Waals surface area (Å²) >= 11 is 0. The van der Waals surface area contributed by atoms with Crippen molar-refractivity contribution in [2.75, 3.05) is 7.11 Å². The standard InChI is InChI=1S/C17H12N2O5/c1-23-17-9-12(11-20)5-6-16(17)24-15(7-8-18)13-3-2-4-14(10-13)19(21)22/h2-7,9-11H,1H3/b15-7-. The first-order valence-electron chi connectivity index (χ1n) is 6.74. The van der Waals surface area contributed by atoms with Gasteiger partial charge in [0.1, 0.15) is 12.0 Å². The number of benzene rings is 2. The quantitative estimate of drug-likeness (QED) is 0.265. The zero-order chi connectivity index (χ0) is 17.5. The number of carbonyl (C=O) groups is 1. The molecule has 0 amide bonds. The highest BCUT2D eigenvalue weighted by Crippen LogP contribution is 2.32. The number of hydrogen-bond acceptors (Lipinski definition) is 6. The van der Waals surface area contributed by atoms with E-state index >= 15 is 0 Å². The topological polar surface area (TPSA) is 102 Å². The van der Waals surface area contributed by atoms with E-state index in [0.717, 1.165) is 6.08 Å². The molecule has 0 aliphatic rings. The van der Waals surface area contributed by atoms with Crippen LogP contribution in [0.15, 0.2) is 48.5 Å². The van der Waals surface area contributed by atoms with E-state index in [2.05, 4.69) is 0 Å². The van der Waals surface area contributed by atoms with Gasteiger partial charge in [-0.05, 0) is 18.2 Å². The Hall–Kier alpha value is -3.66. The van der Waals surface area contributed by atoms with Gasteiger partial charge in [0.2, 0.25) is 0 Å². The first kappa shape index (κ1) is 16.7. The molecule has 0 atom stereocenters. The lowest BCUT2D eigenvalue weighted by Gasteiger charge is -2.13. The number of aldehydes is 1. The summed E-state index contributed by atoms with van der Waals surface area (Å²) in [6.07, 6.45) is 1.80. The van der Waals surface area contributed by atoms with Gasteiger partial charge in [-0.1, -0.05) is 12.1 Å². The fourth-order valence-electron chi connectivity index (χ4n) is 1.96. The lowest BCUT2D eigenvalue weighted by molar-refractivity contribution is -0.384. The molecular formula is C17H12N2O5. The Labute approximate surface area is 137 Å². The summed E-state index contributed by atoms with van der Waals surface area (Å²) in [6.45, 7) is 0. The zero-order valence-electron chi connectivity index (χ0n) is 12.6. The van der Waals surface area contributed by atoms with Gasteiger partial charge in [0.15, 0.2) is 11.5 Å². The summed E-state index contributed by atoms with van der Waals surface area (Å²) in [5, 5.41) is 19.8. The molecule has 0 aliphatic carbocycles. The van der Waals surface area contributed by atoms with Crippen molar-refractivity contribution < 1.29 is 19.2 Å². The molecule has 2 aromatic carbocycles. The smallest absolute Gasteiger partial charge is 0.270 e. The highest BCUT2D eigenvalue weighted by atomic mass is 16.6. The molecule has 0 fully saturated rings. The van der Waals surface area contributed by atoms with Crippen molar-refractivity contribution >= 4 is 17.7 Å². The van der Waals surface area contributed by atoms with Gasteiger partial charge in [0, 0.05) is 23.3 Å². The fraction of sp³-hybridized carbons (Fsp3) is 0.0588. The maximum absolute atomic E-state index is 10.9. The molecule has 7 nitrogen and oxygen atoms in total. The summed E-state index contributed by atoms with van der Waals surface area (Å²) in [5.74, 6) is 0.698. The number of hydrogen-bond donors (Lipinski definition) is 0. The number of ether oxygens (including phenoxy) is 2. The summed E-state index contributed by atoms with van der Waals surface area (Å²) < 4.78 is 10.8. The summed E-state index contributed by atoms with van der Waals surface area (Å²) in [4.78, 5) is 21.2. The monoisotopic (exact) mass is 324 g/mol. The van der Waals surface area contributed by atoms with Gasteiger partial charge in [-0.15, -0.1) is 0 Å². The van der Waals surface area contributed by atoms with E-state index in [1.54, 1.807) is 6.07 Å². The van der Waals surface area contributed by atoms with Crippen LogP contribution < -0.4 is 9.47 Å². The Balaban J connectivity index is 2.42. The van der Waals surface area contributed by atoms with E-state index in [0.29, 0.717) is 23.2 Å². The van der Waals surface area contributed by atoms with E-state index in [4.69, 9.17) is 14.7 Å². The Morgan fingerprint density at radius 3 is 2.67 bits per heavy atom. The minimum Gasteiger partial charge on any atom is -0.493 e. The Morgan fingerprint density at radius 1 is 1.25 bits per heavy atom. The highest BCUT2D eigenvalue weighted by molar-refractivity contribution is 5.77. The summed E-state index contributed by atoms with van der Waals surface area (Å²) in [5.41, 5.74) is 0.649. The van der Waals surface area contributed by atoms with Crippen LogP contribution in [0.3, 0.4) is 0 Å². The molecule has 0 unspecified atom stereocenters. The molecule has 24 heavy (non-hydrogen) atoms. The maximum atomic E-state index is 10.9. The second-order valence-corrected chi connectivity index (χ2v) is 4.58. The van der Waals surface area contributed by atoms with Gasteiger partial charge in [-0.3, -0.25) is 14.9 Å². The average molecular weight is 324 g/mol. The van der Waals surface area contributed by atoms with Crippen LogP contribution in [-0.4, -0.2) is 18.3 Å². The van der Waals surface area contributed by atoms with Gasteiger partial charge in [-0.2, -0.15) is 5.26 Å². The third-order valence-corrected chi connectivity index (χ3v) is 3.08. The van der Waals surface area contributed by atoms with Crippen LogP contribution >= 0.6 is 0 Å². The first-order chi connectivity index (χ1) is 11.6. The van der Waals surface area contributed by atoms with E-state index in [1.807, 2.05) is 6.07 Å². The molecule has 0 aliphatic heterocycles. The Morgan fingerprint density at radius 2 is 2.04 bits per heavy atom. The third kappa shape index (κ3) is 3.75. The average Bonchev–Trinajstić information content (AvgIpc) is 2.61. The highest BCUT2D eigenvalue weighted by Gasteiger charge is 2.13. The number of allylic oxidation sites excluding steroid dienone is 1. The van der Waals surface area contributed by atoms with Gasteiger partial charge in [0.05, 0.1) is 24.2 Å². The number of non-ortho nitro benzene ring substituents is 1. The number of methoxy groups -OCH3 is 1. The minimum absolute atomic E-state index is 0.122. The molecule has 0 radical (unpaired) electrons. The molecular weight excluding hydrogens is 312 g/mol. The van der Waals surface area contributed by atoms with Crippen molar-refractivity contribution in [2.24, 2.45) is 0 Å². The summed E-state index contributed by atoms with van der Waals surface area (Å²) in [7, 11) is 1.41. The van der Waals surface area contributed by atoms with Crippen molar-refractivity contribution in [3.63, 3.8) is 0 Å². The number of nitrogens with zero attached hydrogens (tertiary/aromatic N) is 2. The summed E-state index contributed by atoms with van der Waals surface area (Å²) in [6, 6.07) is 12.1. The van der Waals surface area contributed by atoms with E-state index in [-0.39, 0.29) is 17.2 Å². The third-order valence-electron chi connectivity index (χ3n) is 3.08. The maximum Gasteiger partial charge on any atom is 0.270 e. The number of carbonyl (C=O) groups excluding carboxylic acids is 1. The normalized spacial score (nSPS) is 10.6. The Bertz CT molecular complexity index is 852. The van der Waals surface area contributed by atoms with Gasteiger partial charge in [0.25, 0.3) is 5.69 Å². The lowest BCUT2D eigenvalue weighted by Crippen LogP contribution is -1.99. The fourth-order valence-corrected chi connectivity index (χ4v) is 1.96. The molecule has 0 saturated carbocycles. The predicted molar refractivity (Wildman–Crippen MR) is 85.7 cm³/mol. The van der Waals surface area contributed by atoms with Crippen LogP contribution in [-0.2, 0) is 0 Å². The van der Waals surface area contributed by atoms with Crippen LogP contribution in [0.4, 0.5) is 5.69 Å². The molecule has 0 aromatic heterocycles. The molecule has 0 heterocycles. The lowest BCUT2D eigenvalue weighted by atomic mass is 10.1. The molecule has 7 heteroatoms. The molecule has 0 N–H and O–H groups in total. The van der Waals surface area contributed by atoms with Crippen LogP contribution in [0.5, 0.6) is 11.5 Å². The van der Waals surface area contributed by atoms with E-state index < -0.39 is 4.92 Å². The van der Waals surface area contributed by atoms with Crippen molar-refractivity contribution in [2.45, 2.75) is 0 Å². The second-order valence-electron chi connectivity index (χ2n) is 4.58. The van der Waals surface area contributed by atoms with Gasteiger partial charge in [-0.25, -0.2) is 0 Å². The molecule has 2 aromatic rings. The van der Waals surface area contributed by atoms with Gasteiger partial charge < -0.3 is 9.47 Å². The largest absolute Gasteiger partial charge is 0.493 e. The van der Waals surface area contributed by atoms with Crippen LogP contribution in [0, 0.1) is 21.4 Å². The second kappa shape index (κ2) is 7.56. The van der Waals surface area contributed by atoms with E-state index in [9.17, 15) is 14.9 Å². The van der Waals surface area contributed by atoms with Crippen LogP contribution in [0.2, 0.25) is 0 Å². The molecule has 0 saturated heterocycles. The van der Waals surface area contributed by atoms with Crippen LogP contribution in [0.25, 0.3) is 5.76 Å². The van der Waals surface area contributed by atoms with Crippen LogP contribution in [0.1, 0.15) is 15.9 Å². The molecule has 2 rings (SSSR count). The molecule has 0 bridgehead atoms. The van der Waals surface area contributed by atoms with Gasteiger partial charge >= 0.3 is 0 Å². The zero-order valence-corrected chi connectivity index (χ0v) is 12.6. The van der Waals surface area contributed by atoms with E-state index in [1.165, 1.54) is 43.5 Å². The van der Waals surface area contributed by atoms with Crippen molar-refractivity contribution in [1.82, 2.24) is 0 Å².